The molecule has 2 heterocycles. The highest BCUT2D eigenvalue weighted by atomic mass is 15.1. The Hall–Kier alpha value is -1.81. The van der Waals surface area contributed by atoms with E-state index in [2.05, 4.69) is 51.5 Å². The van der Waals surface area contributed by atoms with Crippen molar-refractivity contribution in [3.05, 3.63) is 48.0 Å². The Bertz CT molecular complexity index is 521. The summed E-state index contributed by atoms with van der Waals surface area (Å²) in [4.78, 5) is 9.70. The van der Waals surface area contributed by atoms with Gasteiger partial charge in [0.05, 0.1) is 6.54 Å². The molecule has 0 amide bonds. The number of anilines is 1. The Morgan fingerprint density at radius 1 is 1.42 bits per heavy atom. The molecule has 19 heavy (non-hydrogen) atoms. The van der Waals surface area contributed by atoms with Crippen LogP contribution in [0.1, 0.15) is 11.4 Å². The molecule has 1 aromatic carbocycles. The molecule has 1 aliphatic heterocycles. The summed E-state index contributed by atoms with van der Waals surface area (Å²) >= 11 is 0. The number of imidazole rings is 1. The fraction of sp³-hybridized carbons (Fsp3) is 0.400. The molecule has 0 fully saturated rings. The van der Waals surface area contributed by atoms with Crippen LogP contribution in [0.5, 0.6) is 0 Å². The number of para-hydroxylation sites is 1. The first kappa shape index (κ1) is 12.2. The summed E-state index contributed by atoms with van der Waals surface area (Å²) in [6.07, 6.45) is 4.81. The number of aromatic nitrogens is 2. The zero-order valence-corrected chi connectivity index (χ0v) is 11.3. The number of benzene rings is 1. The van der Waals surface area contributed by atoms with E-state index in [1.54, 1.807) is 6.20 Å². The highest BCUT2D eigenvalue weighted by Gasteiger charge is 2.21. The van der Waals surface area contributed by atoms with Gasteiger partial charge in [0.1, 0.15) is 5.82 Å². The van der Waals surface area contributed by atoms with Gasteiger partial charge in [0.2, 0.25) is 0 Å². The minimum absolute atomic E-state index is 0.662. The van der Waals surface area contributed by atoms with E-state index in [0.29, 0.717) is 5.92 Å². The predicted octanol–water partition coefficient (Wildman–Crippen LogP) is 1.81. The molecule has 2 aromatic rings. The Labute approximate surface area is 113 Å². The minimum Gasteiger partial charge on any atom is -0.374 e. The van der Waals surface area contributed by atoms with E-state index in [4.69, 9.17) is 0 Å². The van der Waals surface area contributed by atoms with Crippen molar-refractivity contribution in [2.45, 2.75) is 13.0 Å². The van der Waals surface area contributed by atoms with Crippen molar-refractivity contribution in [2.24, 2.45) is 5.92 Å². The average Bonchev–Trinajstić information content (AvgIpc) is 2.92. The maximum absolute atomic E-state index is 4.22. The fourth-order valence-corrected chi connectivity index (χ4v) is 2.84. The first-order valence-electron chi connectivity index (χ1n) is 6.81. The highest BCUT2D eigenvalue weighted by molar-refractivity contribution is 5.55. The Morgan fingerprint density at radius 2 is 2.32 bits per heavy atom. The first-order valence-corrected chi connectivity index (χ1v) is 6.81. The van der Waals surface area contributed by atoms with Crippen LogP contribution >= 0.6 is 0 Å². The van der Waals surface area contributed by atoms with Gasteiger partial charge in [-0.15, -0.1) is 0 Å². The van der Waals surface area contributed by atoms with Gasteiger partial charge in [-0.1, -0.05) is 18.2 Å². The van der Waals surface area contributed by atoms with Crippen molar-refractivity contribution in [3.63, 3.8) is 0 Å². The van der Waals surface area contributed by atoms with Gasteiger partial charge < -0.3 is 15.2 Å². The van der Waals surface area contributed by atoms with Crippen LogP contribution in [0, 0.1) is 5.92 Å². The maximum Gasteiger partial charge on any atom is 0.120 e. The van der Waals surface area contributed by atoms with Gasteiger partial charge in [0.25, 0.3) is 0 Å². The quantitative estimate of drug-likeness (QED) is 0.877. The summed E-state index contributed by atoms with van der Waals surface area (Å²) in [6, 6.07) is 8.70. The summed E-state index contributed by atoms with van der Waals surface area (Å²) in [7, 11) is 2.18. The number of hydrogen-bond acceptors (Lipinski definition) is 3. The number of H-pyrrole nitrogens is 1. The average molecular weight is 256 g/mol. The van der Waals surface area contributed by atoms with Crippen molar-refractivity contribution >= 4 is 5.69 Å². The van der Waals surface area contributed by atoms with E-state index in [1.807, 2.05) is 6.20 Å². The Morgan fingerprint density at radius 3 is 3.16 bits per heavy atom. The molecule has 0 bridgehead atoms. The van der Waals surface area contributed by atoms with Crippen molar-refractivity contribution in [2.75, 3.05) is 25.0 Å². The summed E-state index contributed by atoms with van der Waals surface area (Å²) in [6.45, 7) is 2.95. The summed E-state index contributed by atoms with van der Waals surface area (Å²) in [5.74, 6) is 1.67. The van der Waals surface area contributed by atoms with E-state index >= 15 is 0 Å². The molecule has 0 aliphatic carbocycles. The molecule has 0 saturated carbocycles. The van der Waals surface area contributed by atoms with Crippen LogP contribution in [-0.4, -0.2) is 30.1 Å². The van der Waals surface area contributed by atoms with Gasteiger partial charge in [-0.3, -0.25) is 0 Å². The molecule has 1 unspecified atom stereocenters. The topological polar surface area (TPSA) is 44.0 Å². The number of nitrogens with zero attached hydrogens (tertiary/aromatic N) is 2. The molecular formula is C15H20N4. The first-order chi connectivity index (χ1) is 9.33. The normalized spacial score (nSPS) is 18.4. The second-order valence-electron chi connectivity index (χ2n) is 5.25. The molecule has 4 nitrogen and oxygen atoms in total. The molecule has 4 heteroatoms. The molecule has 100 valence electrons. The lowest BCUT2D eigenvalue weighted by molar-refractivity contribution is 0.457. The smallest absolute Gasteiger partial charge is 0.120 e. The Balaban J connectivity index is 1.56. The van der Waals surface area contributed by atoms with Crippen LogP contribution in [0.2, 0.25) is 0 Å². The van der Waals surface area contributed by atoms with Crippen LogP contribution in [0.15, 0.2) is 36.7 Å². The van der Waals surface area contributed by atoms with Gasteiger partial charge in [-0.25, -0.2) is 4.98 Å². The standard InChI is InChI=1S/C15H20N4/c1-19-11-12(8-13-4-2-3-5-14(13)19)9-16-10-15-17-6-7-18-15/h2-7,12,16H,8-11H2,1H3,(H,17,18). The van der Waals surface area contributed by atoms with Gasteiger partial charge in [0.15, 0.2) is 0 Å². The molecule has 3 rings (SSSR count). The van der Waals surface area contributed by atoms with Gasteiger partial charge >= 0.3 is 0 Å². The third kappa shape index (κ3) is 2.79. The van der Waals surface area contributed by atoms with Gasteiger partial charge in [-0.05, 0) is 24.0 Å². The third-order valence-corrected chi connectivity index (χ3v) is 3.72. The van der Waals surface area contributed by atoms with E-state index < -0.39 is 0 Å². The van der Waals surface area contributed by atoms with E-state index in [-0.39, 0.29) is 0 Å². The highest BCUT2D eigenvalue weighted by Crippen LogP contribution is 2.27. The van der Waals surface area contributed by atoms with Crippen LogP contribution in [0.3, 0.4) is 0 Å². The zero-order chi connectivity index (χ0) is 13.1. The summed E-state index contributed by atoms with van der Waals surface area (Å²) in [5.41, 5.74) is 2.84. The monoisotopic (exact) mass is 256 g/mol. The third-order valence-electron chi connectivity index (χ3n) is 3.72. The van der Waals surface area contributed by atoms with Crippen LogP contribution in [0.25, 0.3) is 0 Å². The van der Waals surface area contributed by atoms with E-state index in [1.165, 1.54) is 11.3 Å². The lowest BCUT2D eigenvalue weighted by atomic mass is 9.93. The van der Waals surface area contributed by atoms with Crippen LogP contribution in [0.4, 0.5) is 5.69 Å². The second-order valence-corrected chi connectivity index (χ2v) is 5.25. The number of fused-ring (bicyclic) bond motifs is 1. The largest absolute Gasteiger partial charge is 0.374 e. The molecule has 0 saturated heterocycles. The van der Waals surface area contributed by atoms with Crippen molar-refractivity contribution in [1.82, 2.24) is 15.3 Å². The zero-order valence-electron chi connectivity index (χ0n) is 11.3. The fourth-order valence-electron chi connectivity index (χ4n) is 2.84. The molecule has 1 atom stereocenters. The van der Waals surface area contributed by atoms with Gasteiger partial charge in [0, 0.05) is 38.2 Å². The summed E-state index contributed by atoms with van der Waals surface area (Å²) < 4.78 is 0. The second kappa shape index (κ2) is 5.45. The Kier molecular flexibility index (Phi) is 3.51. The molecule has 0 spiro atoms. The molecule has 0 radical (unpaired) electrons. The predicted molar refractivity (Wildman–Crippen MR) is 77.2 cm³/mol. The SMILES string of the molecule is CN1CC(CNCc2ncc[nH]2)Cc2ccccc21. The van der Waals surface area contributed by atoms with Crippen molar-refractivity contribution in [3.8, 4) is 0 Å². The minimum atomic E-state index is 0.662. The van der Waals surface area contributed by atoms with Crippen LogP contribution < -0.4 is 10.2 Å². The van der Waals surface area contributed by atoms with Crippen LogP contribution in [-0.2, 0) is 13.0 Å². The number of hydrogen-bond donors (Lipinski definition) is 2. The van der Waals surface area contributed by atoms with E-state index in [0.717, 1.165) is 31.9 Å². The van der Waals surface area contributed by atoms with E-state index in [9.17, 15) is 0 Å². The summed E-state index contributed by atoms with van der Waals surface area (Å²) in [5, 5.41) is 3.49. The molecular weight excluding hydrogens is 236 g/mol. The number of nitrogens with one attached hydrogen (secondary N) is 2. The van der Waals surface area contributed by atoms with Crippen molar-refractivity contribution < 1.29 is 0 Å². The molecule has 2 N–H and O–H groups in total. The lowest BCUT2D eigenvalue weighted by Crippen LogP contribution is -2.37. The van der Waals surface area contributed by atoms with Gasteiger partial charge in [-0.2, -0.15) is 0 Å². The van der Waals surface area contributed by atoms with Crippen molar-refractivity contribution in [1.29, 1.82) is 0 Å². The number of aromatic amines is 1. The molecule has 1 aliphatic rings. The number of rotatable bonds is 4. The molecule has 1 aromatic heterocycles. The maximum atomic E-state index is 4.22. The lowest BCUT2D eigenvalue weighted by Gasteiger charge is -2.33.